The Balaban J connectivity index is 2.53. The van der Waals surface area contributed by atoms with Gasteiger partial charge in [-0.2, -0.15) is 13.2 Å². The van der Waals surface area contributed by atoms with Gasteiger partial charge in [0.05, 0.1) is 13.7 Å². The van der Waals surface area contributed by atoms with Crippen molar-refractivity contribution < 1.29 is 37.0 Å². The molecule has 0 N–H and O–H groups in total. The molecule has 1 saturated heterocycles. The van der Waals surface area contributed by atoms with Crippen molar-refractivity contribution >= 4 is 17.9 Å². The minimum absolute atomic E-state index is 0.342. The third-order valence-corrected chi connectivity index (χ3v) is 2.61. The van der Waals surface area contributed by atoms with E-state index >= 15 is 0 Å². The lowest BCUT2D eigenvalue weighted by Gasteiger charge is -2.20. The van der Waals surface area contributed by atoms with Crippen LogP contribution in [0.3, 0.4) is 0 Å². The van der Waals surface area contributed by atoms with Gasteiger partial charge in [0.2, 0.25) is 0 Å². The van der Waals surface area contributed by atoms with Crippen LogP contribution in [0, 0.1) is 0 Å². The Hall–Kier alpha value is -1.64. The molecule has 1 atom stereocenters. The zero-order valence-electron chi connectivity index (χ0n) is 10.0. The van der Waals surface area contributed by atoms with Gasteiger partial charge in [0.25, 0.3) is 0 Å². The summed E-state index contributed by atoms with van der Waals surface area (Å²) in [5, 5.41) is 0. The van der Waals surface area contributed by atoms with Gasteiger partial charge in [0, 0.05) is 0 Å². The van der Waals surface area contributed by atoms with Crippen LogP contribution in [-0.2, 0) is 23.9 Å². The molecule has 1 fully saturated rings. The third-order valence-electron chi connectivity index (χ3n) is 2.61. The van der Waals surface area contributed by atoms with Gasteiger partial charge in [-0.25, -0.2) is 4.79 Å². The van der Waals surface area contributed by atoms with Gasteiger partial charge in [0.15, 0.2) is 0 Å². The summed E-state index contributed by atoms with van der Waals surface area (Å²) in [6, 6.07) is -0.696. The summed E-state index contributed by atoms with van der Waals surface area (Å²) in [6.07, 6.45) is -4.18. The molecule has 0 spiro atoms. The lowest BCUT2D eigenvalue weighted by Crippen LogP contribution is -2.41. The zero-order valence-corrected chi connectivity index (χ0v) is 10.0. The van der Waals surface area contributed by atoms with E-state index in [4.69, 9.17) is 0 Å². The summed E-state index contributed by atoms with van der Waals surface area (Å²) >= 11 is 0. The van der Waals surface area contributed by atoms with Crippen LogP contribution >= 0.6 is 0 Å². The maximum atomic E-state index is 11.9. The molecule has 0 aliphatic carbocycles. The molecule has 108 valence electrons. The Labute approximate surface area is 106 Å². The van der Waals surface area contributed by atoms with Gasteiger partial charge in [0.1, 0.15) is 6.04 Å². The largest absolute Gasteiger partial charge is 0.491 e. The van der Waals surface area contributed by atoms with Crippen molar-refractivity contribution in [3.05, 3.63) is 0 Å². The van der Waals surface area contributed by atoms with Crippen molar-refractivity contribution in [2.45, 2.75) is 25.1 Å². The van der Waals surface area contributed by atoms with E-state index in [9.17, 15) is 27.6 Å². The van der Waals surface area contributed by atoms with E-state index in [1.807, 2.05) is 0 Å². The normalized spacial score (nSPS) is 20.1. The number of alkyl halides is 3. The molecule has 0 bridgehead atoms. The van der Waals surface area contributed by atoms with E-state index in [0.717, 1.165) is 0 Å². The van der Waals surface area contributed by atoms with Crippen LogP contribution in [0.2, 0.25) is 0 Å². The fourth-order valence-corrected chi connectivity index (χ4v) is 1.78. The van der Waals surface area contributed by atoms with Crippen LogP contribution in [0.15, 0.2) is 0 Å². The molecule has 0 saturated carbocycles. The van der Waals surface area contributed by atoms with Gasteiger partial charge < -0.3 is 9.47 Å². The average molecular weight is 283 g/mol. The first kappa shape index (κ1) is 15.4. The number of carbonyl (C=O) groups excluding carboxylic acids is 3. The molecule has 19 heavy (non-hydrogen) atoms. The second-order valence-electron chi connectivity index (χ2n) is 3.91. The number of methoxy groups -OCH3 is 1. The number of esters is 3. The fourth-order valence-electron chi connectivity index (χ4n) is 1.78. The lowest BCUT2D eigenvalue weighted by molar-refractivity contribution is -0.202. The van der Waals surface area contributed by atoms with Crippen LogP contribution in [0.1, 0.15) is 12.8 Å². The first-order chi connectivity index (χ1) is 8.75. The van der Waals surface area contributed by atoms with Crippen LogP contribution < -0.4 is 0 Å². The van der Waals surface area contributed by atoms with Crippen molar-refractivity contribution in [1.29, 1.82) is 0 Å². The zero-order chi connectivity index (χ0) is 14.6. The first-order valence-corrected chi connectivity index (χ1v) is 5.39. The summed E-state index contributed by atoms with van der Waals surface area (Å²) in [6.45, 7) is -0.226. The maximum Gasteiger partial charge on any atom is 0.491 e. The molecule has 0 unspecified atom stereocenters. The number of carbonyl (C=O) groups is 3. The molecular weight excluding hydrogens is 271 g/mol. The Morgan fingerprint density at radius 3 is 2.47 bits per heavy atom. The van der Waals surface area contributed by atoms with Crippen LogP contribution in [0.5, 0.6) is 0 Å². The van der Waals surface area contributed by atoms with E-state index in [1.165, 1.54) is 12.0 Å². The summed E-state index contributed by atoms with van der Waals surface area (Å²) in [5.41, 5.74) is 0. The minimum atomic E-state index is -5.22. The van der Waals surface area contributed by atoms with E-state index in [-0.39, 0.29) is 0 Å². The standard InChI is InChI=1S/C10H12F3NO5/c1-18-8(16)6-3-2-4-14(6)5-7(15)19-9(17)10(11,12)13/h6H,2-5H2,1H3/t6-/m0/s1. The predicted octanol–water partition coefficient (Wildman–Crippen LogP) is 0.256. The number of likely N-dealkylation sites (tertiary alicyclic amines) is 1. The highest BCUT2D eigenvalue weighted by molar-refractivity contribution is 5.89. The molecule has 9 heteroatoms. The molecule has 0 amide bonds. The molecule has 0 radical (unpaired) electrons. The number of nitrogens with zero attached hydrogens (tertiary/aromatic N) is 1. The first-order valence-electron chi connectivity index (χ1n) is 5.39. The molecule has 0 aromatic rings. The third kappa shape index (κ3) is 4.19. The summed E-state index contributed by atoms with van der Waals surface area (Å²) in [7, 11) is 1.17. The van der Waals surface area contributed by atoms with Crippen molar-refractivity contribution in [3.8, 4) is 0 Å². The molecule has 1 aliphatic heterocycles. The van der Waals surface area contributed by atoms with Crippen molar-refractivity contribution in [3.63, 3.8) is 0 Å². The minimum Gasteiger partial charge on any atom is -0.468 e. The molecule has 1 aliphatic rings. The van der Waals surface area contributed by atoms with Crippen molar-refractivity contribution in [2.75, 3.05) is 20.2 Å². The quantitative estimate of drug-likeness (QED) is 0.546. The monoisotopic (exact) mass is 283 g/mol. The van der Waals surface area contributed by atoms with Crippen molar-refractivity contribution in [2.24, 2.45) is 0 Å². The number of rotatable bonds is 3. The maximum absolute atomic E-state index is 11.9. The van der Waals surface area contributed by atoms with Gasteiger partial charge in [-0.05, 0) is 19.4 Å². The number of hydrogen-bond donors (Lipinski definition) is 0. The molecular formula is C10H12F3NO5. The number of ether oxygens (including phenoxy) is 2. The van der Waals surface area contributed by atoms with Gasteiger partial charge >= 0.3 is 24.1 Å². The van der Waals surface area contributed by atoms with E-state index in [1.54, 1.807) is 0 Å². The molecule has 6 nitrogen and oxygen atoms in total. The number of halogens is 3. The van der Waals surface area contributed by atoms with E-state index < -0.39 is 36.7 Å². The predicted molar refractivity (Wildman–Crippen MR) is 53.8 cm³/mol. The van der Waals surface area contributed by atoms with Crippen LogP contribution in [-0.4, -0.2) is 55.2 Å². The van der Waals surface area contributed by atoms with E-state index in [0.29, 0.717) is 19.4 Å². The lowest BCUT2D eigenvalue weighted by atomic mass is 10.2. The van der Waals surface area contributed by atoms with Gasteiger partial charge in [-0.1, -0.05) is 0 Å². The highest BCUT2D eigenvalue weighted by Crippen LogP contribution is 2.19. The van der Waals surface area contributed by atoms with Crippen molar-refractivity contribution in [1.82, 2.24) is 4.90 Å². The molecule has 0 aromatic carbocycles. The summed E-state index contributed by atoms with van der Waals surface area (Å²) in [4.78, 5) is 34.3. The topological polar surface area (TPSA) is 72.9 Å². The average Bonchev–Trinajstić information content (AvgIpc) is 2.74. The molecule has 1 rings (SSSR count). The van der Waals surface area contributed by atoms with E-state index in [2.05, 4.69) is 9.47 Å². The highest BCUT2D eigenvalue weighted by Gasteiger charge is 2.43. The second kappa shape index (κ2) is 6.00. The Kier molecular flexibility index (Phi) is 4.87. The fraction of sp³-hybridized carbons (Fsp3) is 0.700. The molecule has 1 heterocycles. The SMILES string of the molecule is COC(=O)[C@@H]1CCCN1CC(=O)OC(=O)C(F)(F)F. The summed E-state index contributed by atoms with van der Waals surface area (Å²) in [5.74, 6) is -4.49. The van der Waals surface area contributed by atoms with Crippen LogP contribution in [0.25, 0.3) is 0 Å². The molecule has 0 aromatic heterocycles. The Morgan fingerprint density at radius 2 is 1.95 bits per heavy atom. The number of hydrogen-bond acceptors (Lipinski definition) is 6. The van der Waals surface area contributed by atoms with Gasteiger partial charge in [-0.3, -0.25) is 14.5 Å². The summed E-state index contributed by atoms with van der Waals surface area (Å²) < 4.78 is 43.7. The Morgan fingerprint density at radius 1 is 1.32 bits per heavy atom. The second-order valence-corrected chi connectivity index (χ2v) is 3.91. The highest BCUT2D eigenvalue weighted by atomic mass is 19.4. The van der Waals surface area contributed by atoms with Crippen LogP contribution in [0.4, 0.5) is 13.2 Å². The smallest absolute Gasteiger partial charge is 0.468 e. The van der Waals surface area contributed by atoms with Gasteiger partial charge in [-0.15, -0.1) is 0 Å². The Bertz CT molecular complexity index is 382.